The van der Waals surface area contributed by atoms with Crippen LogP contribution in [-0.2, 0) is 11.2 Å². The number of piperidine rings is 1. The summed E-state index contributed by atoms with van der Waals surface area (Å²) in [5.74, 6) is 1.11. The molecule has 0 aliphatic carbocycles. The van der Waals surface area contributed by atoms with Gasteiger partial charge in [-0.1, -0.05) is 48.0 Å². The molecule has 0 saturated carbocycles. The molecule has 1 saturated heterocycles. The van der Waals surface area contributed by atoms with Crippen molar-refractivity contribution in [3.8, 4) is 5.75 Å². The summed E-state index contributed by atoms with van der Waals surface area (Å²) >= 11 is 5.97. The lowest BCUT2D eigenvalue weighted by Crippen LogP contribution is -2.41. The molecule has 1 atom stereocenters. The summed E-state index contributed by atoms with van der Waals surface area (Å²) in [6.45, 7) is 5.56. The zero-order valence-electron chi connectivity index (χ0n) is 18.7. The van der Waals surface area contributed by atoms with Gasteiger partial charge in [0.2, 0.25) is 0 Å². The fourth-order valence-electron chi connectivity index (χ4n) is 4.32. The van der Waals surface area contributed by atoms with E-state index in [1.807, 2.05) is 67.4 Å². The second-order valence-corrected chi connectivity index (χ2v) is 9.02. The van der Waals surface area contributed by atoms with E-state index in [2.05, 4.69) is 12.1 Å². The van der Waals surface area contributed by atoms with Crippen LogP contribution in [-0.4, -0.2) is 35.5 Å². The molecule has 1 aliphatic heterocycles. The largest absolute Gasteiger partial charge is 0.483 e. The number of aromatic nitrogens is 1. The van der Waals surface area contributed by atoms with E-state index in [1.54, 1.807) is 0 Å². The van der Waals surface area contributed by atoms with E-state index in [9.17, 15) is 4.79 Å². The molecular formula is C27H29ClN2O2. The van der Waals surface area contributed by atoms with Crippen LogP contribution in [0.4, 0.5) is 0 Å². The predicted molar refractivity (Wildman–Crippen MR) is 128 cm³/mol. The Morgan fingerprint density at radius 3 is 2.47 bits per heavy atom. The molecule has 1 fully saturated rings. The molecule has 166 valence electrons. The van der Waals surface area contributed by atoms with Gasteiger partial charge in [-0.05, 0) is 73.6 Å². The number of likely N-dealkylation sites (tertiary alicyclic amines) is 1. The van der Waals surface area contributed by atoms with E-state index >= 15 is 0 Å². The molecular weight excluding hydrogens is 420 g/mol. The number of hydrogen-bond acceptors (Lipinski definition) is 3. The standard InChI is InChI=1S/C27H29ClN2O2/c1-19-5-3-6-20(2)27(19)32-18-26(31)30-14-4-7-23(17-30)25-13-10-22(16-29-25)15-21-8-11-24(28)12-9-21/h3,5-6,8-13,16,23H,4,7,14-15,17-18H2,1-2H3/t23-/m1/s1. The van der Waals surface area contributed by atoms with Gasteiger partial charge in [-0.3, -0.25) is 9.78 Å². The van der Waals surface area contributed by atoms with E-state index < -0.39 is 0 Å². The van der Waals surface area contributed by atoms with Crippen LogP contribution >= 0.6 is 11.6 Å². The normalized spacial score (nSPS) is 16.1. The van der Waals surface area contributed by atoms with Gasteiger partial charge >= 0.3 is 0 Å². The van der Waals surface area contributed by atoms with Gasteiger partial charge in [-0.15, -0.1) is 0 Å². The number of halogens is 1. The molecule has 2 aromatic carbocycles. The lowest BCUT2D eigenvalue weighted by Gasteiger charge is -2.32. The van der Waals surface area contributed by atoms with Crippen LogP contribution in [0.5, 0.6) is 5.75 Å². The third kappa shape index (κ3) is 5.49. The van der Waals surface area contributed by atoms with Crippen molar-refractivity contribution in [2.45, 2.75) is 39.0 Å². The summed E-state index contributed by atoms with van der Waals surface area (Å²) in [5, 5.41) is 0.748. The van der Waals surface area contributed by atoms with Gasteiger partial charge in [0, 0.05) is 35.9 Å². The Morgan fingerprint density at radius 1 is 1.06 bits per heavy atom. The highest BCUT2D eigenvalue weighted by Gasteiger charge is 2.26. The molecule has 0 spiro atoms. The molecule has 1 aromatic heterocycles. The predicted octanol–water partition coefficient (Wildman–Crippen LogP) is 5.73. The highest BCUT2D eigenvalue weighted by Crippen LogP contribution is 2.27. The minimum absolute atomic E-state index is 0.0386. The lowest BCUT2D eigenvalue weighted by atomic mass is 9.93. The summed E-state index contributed by atoms with van der Waals surface area (Å²) < 4.78 is 5.89. The highest BCUT2D eigenvalue weighted by molar-refractivity contribution is 6.30. The maximum Gasteiger partial charge on any atom is 0.260 e. The molecule has 0 radical (unpaired) electrons. The smallest absolute Gasteiger partial charge is 0.260 e. The van der Waals surface area contributed by atoms with Gasteiger partial charge in [0.25, 0.3) is 5.91 Å². The molecule has 4 nitrogen and oxygen atoms in total. The fraction of sp³-hybridized carbons (Fsp3) is 0.333. The van der Waals surface area contributed by atoms with Gasteiger partial charge < -0.3 is 9.64 Å². The van der Waals surface area contributed by atoms with Crippen molar-refractivity contribution < 1.29 is 9.53 Å². The van der Waals surface area contributed by atoms with E-state index in [0.717, 1.165) is 53.4 Å². The molecule has 3 aromatic rings. The maximum atomic E-state index is 12.8. The number of para-hydroxylation sites is 1. The SMILES string of the molecule is Cc1cccc(C)c1OCC(=O)N1CCC[C@@H](c2ccc(Cc3ccc(Cl)cc3)cn2)C1. The Bertz CT molecular complexity index is 1040. The molecule has 1 amide bonds. The fourth-order valence-corrected chi connectivity index (χ4v) is 4.44. The van der Waals surface area contributed by atoms with Crippen LogP contribution in [0.3, 0.4) is 0 Å². The summed E-state index contributed by atoms with van der Waals surface area (Å²) in [7, 11) is 0. The second-order valence-electron chi connectivity index (χ2n) is 8.58. The van der Waals surface area contributed by atoms with Crippen LogP contribution in [0, 0.1) is 13.8 Å². The van der Waals surface area contributed by atoms with Gasteiger partial charge in [0.15, 0.2) is 6.61 Å². The molecule has 0 bridgehead atoms. The number of amides is 1. The number of ether oxygens (including phenoxy) is 1. The van der Waals surface area contributed by atoms with Gasteiger partial charge in [-0.25, -0.2) is 0 Å². The summed E-state index contributed by atoms with van der Waals surface area (Å²) in [6, 6.07) is 18.2. The minimum Gasteiger partial charge on any atom is -0.483 e. The summed E-state index contributed by atoms with van der Waals surface area (Å²) in [4.78, 5) is 19.5. The van der Waals surface area contributed by atoms with Gasteiger partial charge in [-0.2, -0.15) is 0 Å². The first-order valence-electron chi connectivity index (χ1n) is 11.2. The Morgan fingerprint density at radius 2 is 1.78 bits per heavy atom. The van der Waals surface area contributed by atoms with Crippen LogP contribution in [0.2, 0.25) is 5.02 Å². The number of carbonyl (C=O) groups is 1. The topological polar surface area (TPSA) is 42.4 Å². The quantitative estimate of drug-likeness (QED) is 0.483. The van der Waals surface area contributed by atoms with Crippen molar-refractivity contribution in [2.24, 2.45) is 0 Å². The number of nitrogens with zero attached hydrogens (tertiary/aromatic N) is 2. The second kappa shape index (κ2) is 10.2. The number of aryl methyl sites for hydroxylation is 2. The maximum absolute atomic E-state index is 12.8. The van der Waals surface area contributed by atoms with E-state index in [-0.39, 0.29) is 18.4 Å². The van der Waals surface area contributed by atoms with Crippen molar-refractivity contribution in [2.75, 3.05) is 19.7 Å². The third-order valence-corrected chi connectivity index (χ3v) is 6.36. The molecule has 2 heterocycles. The average Bonchev–Trinajstić information content (AvgIpc) is 2.81. The van der Waals surface area contributed by atoms with Crippen LogP contribution in [0.1, 0.15) is 46.7 Å². The molecule has 0 N–H and O–H groups in total. The van der Waals surface area contributed by atoms with Gasteiger partial charge in [0.05, 0.1) is 0 Å². The Labute approximate surface area is 195 Å². The number of pyridine rings is 1. The van der Waals surface area contributed by atoms with Crippen molar-refractivity contribution >= 4 is 17.5 Å². The molecule has 5 heteroatoms. The van der Waals surface area contributed by atoms with Crippen molar-refractivity contribution in [3.05, 3.63) is 93.8 Å². The van der Waals surface area contributed by atoms with Crippen LogP contribution < -0.4 is 4.74 Å². The first-order chi connectivity index (χ1) is 15.5. The zero-order chi connectivity index (χ0) is 22.5. The summed E-state index contributed by atoms with van der Waals surface area (Å²) in [6.07, 6.45) is 4.81. The van der Waals surface area contributed by atoms with Crippen LogP contribution in [0.25, 0.3) is 0 Å². The number of carbonyl (C=O) groups excluding carboxylic acids is 1. The molecule has 4 rings (SSSR count). The van der Waals surface area contributed by atoms with E-state index in [4.69, 9.17) is 21.3 Å². The molecule has 32 heavy (non-hydrogen) atoms. The number of hydrogen-bond donors (Lipinski definition) is 0. The van der Waals surface area contributed by atoms with Crippen molar-refractivity contribution in [3.63, 3.8) is 0 Å². The summed E-state index contributed by atoms with van der Waals surface area (Å²) in [5.41, 5.74) is 5.54. The Kier molecular flexibility index (Phi) is 7.11. The van der Waals surface area contributed by atoms with Crippen molar-refractivity contribution in [1.29, 1.82) is 0 Å². The number of rotatable bonds is 6. The highest BCUT2D eigenvalue weighted by atomic mass is 35.5. The molecule has 1 aliphatic rings. The van der Waals surface area contributed by atoms with Crippen LogP contribution in [0.15, 0.2) is 60.8 Å². The zero-order valence-corrected chi connectivity index (χ0v) is 19.4. The first kappa shape index (κ1) is 22.3. The van der Waals surface area contributed by atoms with E-state index in [0.29, 0.717) is 6.54 Å². The Hall–Kier alpha value is -2.85. The third-order valence-electron chi connectivity index (χ3n) is 6.11. The van der Waals surface area contributed by atoms with Gasteiger partial charge in [0.1, 0.15) is 5.75 Å². The Balaban J connectivity index is 1.35. The average molecular weight is 449 g/mol. The monoisotopic (exact) mass is 448 g/mol. The van der Waals surface area contributed by atoms with Crippen molar-refractivity contribution in [1.82, 2.24) is 9.88 Å². The minimum atomic E-state index is 0.0386. The lowest BCUT2D eigenvalue weighted by molar-refractivity contribution is -0.134. The van der Waals surface area contributed by atoms with E-state index in [1.165, 1.54) is 11.1 Å². The molecule has 0 unspecified atom stereocenters. The number of benzene rings is 2. The first-order valence-corrected chi connectivity index (χ1v) is 11.5.